The number of nitrogens with zero attached hydrogens (tertiary/aromatic N) is 1. The monoisotopic (exact) mass is 279 g/mol. The zero-order valence-electron chi connectivity index (χ0n) is 10.2. The third kappa shape index (κ3) is 5.76. The van der Waals surface area contributed by atoms with Crippen molar-refractivity contribution >= 4 is 27.2 Å². The molecule has 0 aromatic carbocycles. The maximum absolute atomic E-state index is 11.6. The van der Waals surface area contributed by atoms with E-state index in [9.17, 15) is 8.42 Å². The molecule has 0 saturated carbocycles. The summed E-state index contributed by atoms with van der Waals surface area (Å²) in [6.45, 7) is 5.14. The van der Waals surface area contributed by atoms with Crippen LogP contribution in [0, 0.1) is 0 Å². The van der Waals surface area contributed by atoms with Crippen LogP contribution in [0.5, 0.6) is 0 Å². The van der Waals surface area contributed by atoms with Crippen LogP contribution in [0.25, 0.3) is 0 Å². The van der Waals surface area contributed by atoms with Crippen LogP contribution in [-0.4, -0.2) is 49.7 Å². The Morgan fingerprint density at radius 2 is 2.06 bits per heavy atom. The fourth-order valence-corrected chi connectivity index (χ4v) is 3.74. The first-order valence-electron chi connectivity index (χ1n) is 5.93. The number of nitrogens with two attached hydrogens (primary N) is 1. The number of thiocarbonyl (C=S) groups is 1. The van der Waals surface area contributed by atoms with Gasteiger partial charge in [0.1, 0.15) is 5.75 Å². The quantitative estimate of drug-likeness (QED) is 0.673. The van der Waals surface area contributed by atoms with Gasteiger partial charge in [-0.2, -0.15) is 0 Å². The van der Waals surface area contributed by atoms with Gasteiger partial charge in [0.2, 0.25) is 10.0 Å². The van der Waals surface area contributed by atoms with Gasteiger partial charge in [-0.15, -0.1) is 0 Å². The Hall–Kier alpha value is -0.240. The third-order valence-corrected chi connectivity index (χ3v) is 4.52. The predicted octanol–water partition coefficient (Wildman–Crippen LogP) is 0.0663. The van der Waals surface area contributed by atoms with Gasteiger partial charge in [-0.3, -0.25) is 0 Å². The zero-order chi connectivity index (χ0) is 12.9. The molecule has 7 heteroatoms. The normalized spacial score (nSPS) is 19.4. The van der Waals surface area contributed by atoms with Crippen LogP contribution in [0.4, 0.5) is 0 Å². The van der Waals surface area contributed by atoms with E-state index in [-0.39, 0.29) is 16.8 Å². The first kappa shape index (κ1) is 14.8. The van der Waals surface area contributed by atoms with Crippen molar-refractivity contribution in [1.82, 2.24) is 9.62 Å². The molecule has 1 aliphatic heterocycles. The number of likely N-dealkylation sites (tertiary alicyclic amines) is 1. The lowest BCUT2D eigenvalue weighted by molar-refractivity contribution is 0.208. The van der Waals surface area contributed by atoms with E-state index in [1.807, 2.05) is 0 Å². The Labute approximate surface area is 109 Å². The van der Waals surface area contributed by atoms with E-state index >= 15 is 0 Å². The highest BCUT2D eigenvalue weighted by Gasteiger charge is 2.23. The molecule has 3 N–H and O–H groups in total. The van der Waals surface area contributed by atoms with E-state index in [4.69, 9.17) is 5.73 Å². The van der Waals surface area contributed by atoms with Gasteiger partial charge in [0, 0.05) is 6.04 Å². The standard InChI is InChI=1S/C10H21N3O2S2/c1-2-5-13-6-3-9(4-7-13)12-17(14,15)8-10(11)16/h9,12H,2-8H2,1H3,(H2,11,16). The summed E-state index contributed by atoms with van der Waals surface area (Å²) in [5, 5.41) is 0. The summed E-state index contributed by atoms with van der Waals surface area (Å²) < 4.78 is 25.9. The second kappa shape index (κ2) is 6.63. The van der Waals surface area contributed by atoms with Crippen LogP contribution < -0.4 is 10.5 Å². The molecule has 1 rings (SSSR count). The number of sulfonamides is 1. The summed E-state index contributed by atoms with van der Waals surface area (Å²) >= 11 is 4.61. The van der Waals surface area contributed by atoms with E-state index in [1.54, 1.807) is 0 Å². The molecule has 0 amide bonds. The van der Waals surface area contributed by atoms with Crippen molar-refractivity contribution in [2.45, 2.75) is 32.2 Å². The fourth-order valence-electron chi connectivity index (χ4n) is 2.07. The lowest BCUT2D eigenvalue weighted by Gasteiger charge is -2.31. The van der Waals surface area contributed by atoms with E-state index < -0.39 is 10.0 Å². The average Bonchev–Trinajstić information content (AvgIpc) is 2.18. The van der Waals surface area contributed by atoms with Crippen molar-refractivity contribution in [3.63, 3.8) is 0 Å². The van der Waals surface area contributed by atoms with Crippen molar-refractivity contribution < 1.29 is 8.42 Å². The number of hydrogen-bond acceptors (Lipinski definition) is 4. The first-order chi connectivity index (χ1) is 7.93. The second-order valence-electron chi connectivity index (χ2n) is 4.46. The SMILES string of the molecule is CCCN1CCC(NS(=O)(=O)CC(N)=S)CC1. The van der Waals surface area contributed by atoms with Gasteiger partial charge >= 0.3 is 0 Å². The lowest BCUT2D eigenvalue weighted by Crippen LogP contribution is -2.46. The van der Waals surface area contributed by atoms with Crippen LogP contribution in [0.15, 0.2) is 0 Å². The van der Waals surface area contributed by atoms with E-state index in [0.29, 0.717) is 0 Å². The molecule has 1 heterocycles. The molecule has 0 radical (unpaired) electrons. The highest BCUT2D eigenvalue weighted by molar-refractivity contribution is 7.92. The molecule has 0 aliphatic carbocycles. The van der Waals surface area contributed by atoms with Gasteiger partial charge in [0.15, 0.2) is 0 Å². The van der Waals surface area contributed by atoms with Crippen molar-refractivity contribution in [2.75, 3.05) is 25.4 Å². The van der Waals surface area contributed by atoms with Crippen LogP contribution in [0.3, 0.4) is 0 Å². The molecule has 1 saturated heterocycles. The van der Waals surface area contributed by atoms with E-state index in [1.165, 1.54) is 0 Å². The molecule has 0 unspecified atom stereocenters. The molecule has 0 bridgehead atoms. The summed E-state index contributed by atoms with van der Waals surface area (Å²) in [6.07, 6.45) is 2.85. The predicted molar refractivity (Wildman–Crippen MR) is 73.5 cm³/mol. The third-order valence-electron chi connectivity index (χ3n) is 2.81. The first-order valence-corrected chi connectivity index (χ1v) is 7.99. The van der Waals surface area contributed by atoms with Crippen molar-refractivity contribution in [3.8, 4) is 0 Å². The molecule has 1 aliphatic rings. The topological polar surface area (TPSA) is 75.4 Å². The molecule has 0 spiro atoms. The van der Waals surface area contributed by atoms with Gasteiger partial charge in [0.05, 0.1) is 4.99 Å². The van der Waals surface area contributed by atoms with Crippen LogP contribution in [0.2, 0.25) is 0 Å². The minimum absolute atomic E-state index is 0.0147. The number of hydrogen-bond donors (Lipinski definition) is 2. The van der Waals surface area contributed by atoms with Crippen LogP contribution >= 0.6 is 12.2 Å². The minimum Gasteiger partial charge on any atom is -0.392 e. The Bertz CT molecular complexity index is 349. The average molecular weight is 279 g/mol. The van der Waals surface area contributed by atoms with Crippen LogP contribution in [-0.2, 0) is 10.0 Å². The van der Waals surface area contributed by atoms with Crippen molar-refractivity contribution in [2.24, 2.45) is 5.73 Å². The zero-order valence-corrected chi connectivity index (χ0v) is 11.8. The highest BCUT2D eigenvalue weighted by atomic mass is 32.2. The minimum atomic E-state index is -3.34. The van der Waals surface area contributed by atoms with Gasteiger partial charge in [-0.25, -0.2) is 13.1 Å². The molecule has 17 heavy (non-hydrogen) atoms. The van der Waals surface area contributed by atoms with Gasteiger partial charge in [-0.1, -0.05) is 19.1 Å². The Morgan fingerprint density at radius 3 is 2.53 bits per heavy atom. The van der Waals surface area contributed by atoms with Crippen molar-refractivity contribution in [3.05, 3.63) is 0 Å². The highest BCUT2D eigenvalue weighted by Crippen LogP contribution is 2.11. The summed E-state index contributed by atoms with van der Waals surface area (Å²) in [5.74, 6) is -0.252. The van der Waals surface area contributed by atoms with Crippen molar-refractivity contribution in [1.29, 1.82) is 0 Å². The van der Waals surface area contributed by atoms with Gasteiger partial charge in [0.25, 0.3) is 0 Å². The van der Waals surface area contributed by atoms with E-state index in [0.717, 1.165) is 38.9 Å². The summed E-state index contributed by atoms with van der Waals surface area (Å²) in [7, 11) is -3.34. The molecule has 1 fully saturated rings. The van der Waals surface area contributed by atoms with E-state index in [2.05, 4.69) is 28.8 Å². The molecular formula is C10H21N3O2S2. The molecule has 100 valence electrons. The summed E-state index contributed by atoms with van der Waals surface area (Å²) in [4.78, 5) is 2.37. The Balaban J connectivity index is 2.37. The molecular weight excluding hydrogens is 258 g/mol. The second-order valence-corrected chi connectivity index (χ2v) is 6.74. The van der Waals surface area contributed by atoms with Gasteiger partial charge < -0.3 is 10.6 Å². The molecule has 0 aromatic rings. The smallest absolute Gasteiger partial charge is 0.218 e. The summed E-state index contributed by atoms with van der Waals surface area (Å²) in [5.41, 5.74) is 5.25. The van der Waals surface area contributed by atoms with Gasteiger partial charge in [-0.05, 0) is 38.9 Å². The summed E-state index contributed by atoms with van der Waals surface area (Å²) in [6, 6.07) is 0.0301. The molecule has 0 atom stereocenters. The molecule has 5 nitrogen and oxygen atoms in total. The number of rotatable bonds is 6. The lowest BCUT2D eigenvalue weighted by atomic mass is 10.1. The maximum Gasteiger partial charge on any atom is 0.218 e. The Morgan fingerprint density at radius 1 is 1.47 bits per heavy atom. The largest absolute Gasteiger partial charge is 0.392 e. The number of piperidine rings is 1. The number of nitrogens with one attached hydrogen (secondary N) is 1. The van der Waals surface area contributed by atoms with Crippen LogP contribution in [0.1, 0.15) is 26.2 Å². The Kier molecular flexibility index (Phi) is 5.78. The fraction of sp³-hybridized carbons (Fsp3) is 0.900. The maximum atomic E-state index is 11.6. The molecule has 0 aromatic heterocycles.